The first-order valence-corrected chi connectivity index (χ1v) is 13.2. The minimum atomic E-state index is -0.860. The van der Waals surface area contributed by atoms with Gasteiger partial charge in [-0.25, -0.2) is 14.1 Å². The molecule has 1 N–H and O–H groups in total. The van der Waals surface area contributed by atoms with Gasteiger partial charge in [-0.2, -0.15) is 0 Å². The number of benzene rings is 3. The number of unbranched alkanes of at least 4 members (excludes halogenated alkanes) is 1. The molecule has 1 aliphatic heterocycles. The van der Waals surface area contributed by atoms with Crippen molar-refractivity contribution in [3.63, 3.8) is 0 Å². The number of nitrogens with zero attached hydrogens (tertiary/aromatic N) is 1. The molecule has 8 nitrogen and oxygen atoms in total. The van der Waals surface area contributed by atoms with E-state index in [2.05, 4.69) is 12.2 Å². The van der Waals surface area contributed by atoms with Crippen LogP contribution in [0.3, 0.4) is 0 Å². The number of hydrogen-bond donors (Lipinski definition) is 1. The van der Waals surface area contributed by atoms with Crippen LogP contribution in [0.25, 0.3) is 6.08 Å². The summed E-state index contributed by atoms with van der Waals surface area (Å²) in [5, 5.41) is 2.36. The molecule has 0 atom stereocenters. The van der Waals surface area contributed by atoms with Crippen LogP contribution in [-0.4, -0.2) is 31.1 Å². The number of carbonyl (C=O) groups is 3. The number of anilines is 1. The van der Waals surface area contributed by atoms with Crippen molar-refractivity contribution in [2.45, 2.75) is 33.3 Å². The summed E-state index contributed by atoms with van der Waals surface area (Å²) in [5.74, 6) is -0.925. The Morgan fingerprint density at radius 1 is 0.975 bits per heavy atom. The normalized spacial score (nSPS) is 14.3. The number of hydrogen-bond acceptors (Lipinski definition) is 6. The van der Waals surface area contributed by atoms with E-state index in [0.717, 1.165) is 17.7 Å². The van der Waals surface area contributed by atoms with Crippen LogP contribution in [0.5, 0.6) is 17.2 Å². The zero-order valence-corrected chi connectivity index (χ0v) is 22.8. The van der Waals surface area contributed by atoms with Crippen molar-refractivity contribution < 1.29 is 33.0 Å². The van der Waals surface area contributed by atoms with Crippen molar-refractivity contribution in [2.75, 3.05) is 18.1 Å². The topological polar surface area (TPSA) is 94.2 Å². The van der Waals surface area contributed by atoms with E-state index in [0.29, 0.717) is 23.5 Å². The van der Waals surface area contributed by atoms with Crippen LogP contribution in [0, 0.1) is 5.82 Å². The van der Waals surface area contributed by atoms with Gasteiger partial charge in [-0.05, 0) is 79.1 Å². The quantitative estimate of drug-likeness (QED) is 0.166. The van der Waals surface area contributed by atoms with Gasteiger partial charge in [-0.15, -0.1) is 0 Å². The molecule has 4 amide bonds. The Morgan fingerprint density at radius 3 is 2.45 bits per heavy atom. The molecule has 3 aromatic carbocycles. The highest BCUT2D eigenvalue weighted by Crippen LogP contribution is 2.38. The first kappa shape index (κ1) is 28.6. The summed E-state index contributed by atoms with van der Waals surface area (Å²) in [5.41, 5.74) is 0.978. The molecule has 1 saturated heterocycles. The average Bonchev–Trinajstić information content (AvgIpc) is 2.92. The van der Waals surface area contributed by atoms with Crippen LogP contribution < -0.4 is 24.4 Å². The molecule has 208 valence electrons. The smallest absolute Gasteiger partial charge is 0.335 e. The summed E-state index contributed by atoms with van der Waals surface area (Å²) in [6.45, 7) is 4.71. The third kappa shape index (κ3) is 6.79. The van der Waals surface area contributed by atoms with E-state index in [1.807, 2.05) is 0 Å². The van der Waals surface area contributed by atoms with E-state index < -0.39 is 23.7 Å². The molecule has 1 fully saturated rings. The summed E-state index contributed by atoms with van der Waals surface area (Å²) in [6.07, 6.45) is 3.22. The summed E-state index contributed by atoms with van der Waals surface area (Å²) in [7, 11) is 0. The van der Waals surface area contributed by atoms with E-state index in [1.165, 1.54) is 24.3 Å². The van der Waals surface area contributed by atoms with Gasteiger partial charge in [0.05, 0.1) is 23.9 Å². The molecule has 10 heteroatoms. The molecule has 3 aromatic rings. The predicted octanol–water partition coefficient (Wildman–Crippen LogP) is 6.30. The van der Waals surface area contributed by atoms with Gasteiger partial charge in [-0.1, -0.05) is 37.1 Å². The number of nitrogens with one attached hydrogen (secondary N) is 1. The van der Waals surface area contributed by atoms with Crippen LogP contribution >= 0.6 is 11.6 Å². The fourth-order valence-corrected chi connectivity index (χ4v) is 4.21. The van der Waals surface area contributed by atoms with Gasteiger partial charge in [0.1, 0.15) is 23.7 Å². The van der Waals surface area contributed by atoms with Crippen molar-refractivity contribution in [2.24, 2.45) is 0 Å². The lowest BCUT2D eigenvalue weighted by Gasteiger charge is -2.26. The number of amides is 4. The highest BCUT2D eigenvalue weighted by molar-refractivity contribution is 6.39. The summed E-state index contributed by atoms with van der Waals surface area (Å²) in [4.78, 5) is 39.5. The van der Waals surface area contributed by atoms with Gasteiger partial charge in [0, 0.05) is 0 Å². The fraction of sp³-hybridized carbons (Fsp3) is 0.233. The first-order chi connectivity index (χ1) is 19.3. The number of barbiturate groups is 1. The Bertz CT molecular complexity index is 1440. The molecular formula is C30H28ClFN2O6. The molecule has 0 unspecified atom stereocenters. The van der Waals surface area contributed by atoms with E-state index >= 15 is 0 Å². The zero-order valence-electron chi connectivity index (χ0n) is 22.0. The Labute approximate surface area is 236 Å². The summed E-state index contributed by atoms with van der Waals surface area (Å²) < 4.78 is 30.7. The van der Waals surface area contributed by atoms with Crippen LogP contribution in [-0.2, 0) is 16.2 Å². The number of carbonyl (C=O) groups excluding carboxylic acids is 3. The molecule has 0 bridgehead atoms. The summed E-state index contributed by atoms with van der Waals surface area (Å²) >= 11 is 6.50. The van der Waals surface area contributed by atoms with Crippen molar-refractivity contribution in [1.29, 1.82) is 0 Å². The minimum absolute atomic E-state index is 0.0401. The molecule has 4 rings (SSSR count). The average molecular weight is 567 g/mol. The van der Waals surface area contributed by atoms with Gasteiger partial charge >= 0.3 is 6.03 Å². The highest BCUT2D eigenvalue weighted by atomic mass is 35.5. The second-order valence-electron chi connectivity index (χ2n) is 8.84. The van der Waals surface area contributed by atoms with Crippen molar-refractivity contribution in [3.05, 3.63) is 88.2 Å². The van der Waals surface area contributed by atoms with Crippen LogP contribution in [0.2, 0.25) is 5.02 Å². The summed E-state index contributed by atoms with van der Waals surface area (Å²) in [6, 6.07) is 14.6. The third-order valence-electron chi connectivity index (χ3n) is 5.88. The molecule has 0 radical (unpaired) electrons. The molecule has 0 aromatic heterocycles. The van der Waals surface area contributed by atoms with Crippen LogP contribution in [0.1, 0.15) is 37.8 Å². The van der Waals surface area contributed by atoms with E-state index in [9.17, 15) is 18.8 Å². The van der Waals surface area contributed by atoms with Gasteiger partial charge in [0.25, 0.3) is 11.8 Å². The Kier molecular flexibility index (Phi) is 9.39. The van der Waals surface area contributed by atoms with Gasteiger partial charge in [0.15, 0.2) is 11.5 Å². The molecule has 40 heavy (non-hydrogen) atoms. The number of halogens is 2. The lowest BCUT2D eigenvalue weighted by atomic mass is 10.1. The first-order valence-electron chi connectivity index (χ1n) is 12.8. The highest BCUT2D eigenvalue weighted by Gasteiger charge is 2.37. The van der Waals surface area contributed by atoms with Gasteiger partial charge in [-0.3, -0.25) is 14.9 Å². The van der Waals surface area contributed by atoms with E-state index in [4.69, 9.17) is 25.8 Å². The molecule has 0 spiro atoms. The number of urea groups is 1. The monoisotopic (exact) mass is 566 g/mol. The maximum absolute atomic E-state index is 13.5. The molecule has 1 heterocycles. The van der Waals surface area contributed by atoms with Crippen molar-refractivity contribution in [1.82, 2.24) is 5.32 Å². The zero-order chi connectivity index (χ0) is 28.6. The van der Waals surface area contributed by atoms with Crippen LogP contribution in [0.15, 0.2) is 66.2 Å². The van der Waals surface area contributed by atoms with Crippen molar-refractivity contribution in [3.8, 4) is 17.2 Å². The Morgan fingerprint density at radius 2 is 1.75 bits per heavy atom. The third-order valence-corrected chi connectivity index (χ3v) is 6.16. The Balaban J connectivity index is 1.59. The Hall–Kier alpha value is -4.37. The van der Waals surface area contributed by atoms with Crippen molar-refractivity contribution >= 4 is 41.2 Å². The lowest BCUT2D eigenvalue weighted by molar-refractivity contribution is -0.122. The molecular weight excluding hydrogens is 539 g/mol. The fourth-order valence-electron chi connectivity index (χ4n) is 3.94. The molecule has 1 aliphatic rings. The minimum Gasteiger partial charge on any atom is -0.494 e. The second-order valence-corrected chi connectivity index (χ2v) is 9.24. The van der Waals surface area contributed by atoms with Gasteiger partial charge < -0.3 is 14.2 Å². The predicted molar refractivity (Wildman–Crippen MR) is 149 cm³/mol. The number of rotatable bonds is 11. The number of imide groups is 2. The molecule has 0 saturated carbocycles. The maximum Gasteiger partial charge on any atom is 0.335 e. The number of ether oxygens (including phenoxy) is 3. The van der Waals surface area contributed by atoms with E-state index in [-0.39, 0.29) is 41.0 Å². The standard InChI is InChI=1S/C30H28ClFN2O6/c1-3-5-13-39-23-11-9-22(10-12-23)34-29(36)24(28(35)33-30(34)37)15-20-16-25(31)27(26(17-20)38-4-2)40-18-19-7-6-8-21(32)14-19/h6-12,14-17H,3-5,13,18H2,1-2H3,(H,33,35,37)/b24-15-. The van der Waals surface area contributed by atoms with Gasteiger partial charge in [0.2, 0.25) is 0 Å². The lowest BCUT2D eigenvalue weighted by Crippen LogP contribution is -2.54. The largest absolute Gasteiger partial charge is 0.494 e. The second kappa shape index (κ2) is 13.1. The SMILES string of the molecule is CCCCOc1ccc(N2C(=O)NC(=O)/C(=C/c3cc(Cl)c(OCc4cccc(F)c4)c(OCC)c3)C2=O)cc1. The van der Waals surface area contributed by atoms with Crippen LogP contribution in [0.4, 0.5) is 14.9 Å². The van der Waals surface area contributed by atoms with E-state index in [1.54, 1.807) is 49.4 Å². The molecule has 0 aliphatic carbocycles. The maximum atomic E-state index is 13.5.